The summed E-state index contributed by atoms with van der Waals surface area (Å²) < 4.78 is 87.0. The van der Waals surface area contributed by atoms with Gasteiger partial charge in [0, 0.05) is 69.9 Å². The highest BCUT2D eigenvalue weighted by molar-refractivity contribution is 7.99. The fourth-order valence-corrected chi connectivity index (χ4v) is 13.7. The highest BCUT2D eigenvalue weighted by atomic mass is 32.2. The molecule has 0 aromatic carbocycles. The summed E-state index contributed by atoms with van der Waals surface area (Å²) in [6.45, 7) is -3.53. The number of aliphatic hydroxyl groups is 14. The Morgan fingerprint density at radius 3 is 1.45 bits per heavy atom. The number of thioether (sulfide) groups is 3. The molecule has 4 rings (SSSR count). The molecule has 0 amide bonds. The predicted octanol–water partition coefficient (Wildman–Crippen LogP) is -10.4. The number of carbonyl (C=O) groups excluding carboxylic acids is 1. The predicted molar refractivity (Wildman–Crippen MR) is 351 cm³/mol. The second kappa shape index (κ2) is 41.6. The van der Waals surface area contributed by atoms with Gasteiger partial charge in [0.15, 0.2) is 23.7 Å². The van der Waals surface area contributed by atoms with Crippen LogP contribution in [0.3, 0.4) is 0 Å². The van der Waals surface area contributed by atoms with Gasteiger partial charge in [0.2, 0.25) is 15.4 Å². The van der Waals surface area contributed by atoms with Gasteiger partial charge in [0.05, 0.1) is 49.7 Å². The molecule has 93 heavy (non-hydrogen) atoms. The van der Waals surface area contributed by atoms with E-state index in [1.165, 1.54) is 69.3 Å². The lowest BCUT2D eigenvalue weighted by molar-refractivity contribution is -0.139. The third-order valence-corrected chi connectivity index (χ3v) is 18.9. The molecule has 0 spiro atoms. The standard InChI is InChI=1S/3C14H25N7O7S3/c15-13(16)19-14-17-6(5-30-14)4-29-2-1-8-18-12(21-31(27,28)20-8)11(26)10(25)9(24)7(23)3-22;2*15-10(1-2-29-5-7-6-30-14(19-7)20-13(16)17)21-31(27,28)18-3-8(23)11(25)12(26)9(24)4-22/h5,7,9-12,21-26H,1-4H2,(H,18,20)(H4,15,16,17,19);6,9,11-12,18,22,24-26H,1-5H2,(H2,15,21)(H4,16,17,19,20);3,6,8-9,11-12,22-26H,1-2,4-5H2,(H2,15,21)(H4,16,17,19,20)/t7-,9-,10+,11-,12?;9-,11-,12-;8-,9+,11+,12+/m110/s1. The van der Waals surface area contributed by atoms with Gasteiger partial charge in [-0.25, -0.2) is 19.9 Å². The summed E-state index contributed by atoms with van der Waals surface area (Å²) in [5.41, 5.74) is 45.1. The average molecular weight is 1500 g/mol. The highest BCUT2D eigenvalue weighted by Crippen LogP contribution is 2.25. The minimum atomic E-state index is -4.45. The van der Waals surface area contributed by atoms with Gasteiger partial charge in [0.25, 0.3) is 0 Å². The molecule has 1 aliphatic heterocycles. The van der Waals surface area contributed by atoms with Gasteiger partial charge in [-0.1, -0.05) is 0 Å². The lowest BCUT2D eigenvalue weighted by atomic mass is 10.0. The van der Waals surface area contributed by atoms with Crippen LogP contribution in [0.2, 0.25) is 0 Å². The molecule has 12 atom stereocenters. The number of hydrogen-bond acceptors (Lipinski definition) is 34. The van der Waals surface area contributed by atoms with Crippen LogP contribution in [-0.4, -0.2) is 276 Å². The van der Waals surface area contributed by atoms with E-state index in [-0.39, 0.29) is 54.6 Å². The van der Waals surface area contributed by atoms with Crippen LogP contribution < -0.4 is 60.0 Å². The summed E-state index contributed by atoms with van der Waals surface area (Å²) in [6, 6.07) is 0. The number of ketones is 1. The first-order valence-electron chi connectivity index (χ1n) is 26.0. The summed E-state index contributed by atoms with van der Waals surface area (Å²) in [7, 11) is -12.8. The van der Waals surface area contributed by atoms with E-state index in [0.29, 0.717) is 56.1 Å². The van der Waals surface area contributed by atoms with Crippen molar-refractivity contribution in [1.29, 1.82) is 0 Å². The Morgan fingerprint density at radius 2 is 1.02 bits per heavy atom. The van der Waals surface area contributed by atoms with Crippen molar-refractivity contribution in [1.82, 2.24) is 29.1 Å². The van der Waals surface area contributed by atoms with E-state index >= 15 is 0 Å². The van der Waals surface area contributed by atoms with Crippen LogP contribution >= 0.6 is 69.3 Å². The van der Waals surface area contributed by atoms with Crippen molar-refractivity contribution in [2.75, 3.05) is 43.6 Å². The average Bonchev–Trinajstić information content (AvgIpc) is 1.66. The molecule has 0 aliphatic carbocycles. The van der Waals surface area contributed by atoms with Gasteiger partial charge in [-0.2, -0.15) is 89.4 Å². The van der Waals surface area contributed by atoms with E-state index in [1.54, 1.807) is 16.1 Å². The molecule has 0 saturated heterocycles. The molecular weight excluding hydrogens is 1420 g/mol. The van der Waals surface area contributed by atoms with Gasteiger partial charge in [-0.05, 0) is 0 Å². The Hall–Kier alpha value is -5.29. The van der Waals surface area contributed by atoms with E-state index in [9.17, 15) is 86.2 Å². The third kappa shape index (κ3) is 33.3. The molecule has 0 bridgehead atoms. The number of carbonyl (C=O) groups is 1. The van der Waals surface area contributed by atoms with Crippen molar-refractivity contribution in [3.8, 4) is 0 Å². The van der Waals surface area contributed by atoms with Crippen LogP contribution in [0, 0.1) is 0 Å². The maximum Gasteiger partial charge on any atom is 0.364 e. The molecule has 3 aromatic heterocycles. The summed E-state index contributed by atoms with van der Waals surface area (Å²) in [4.78, 5) is 39.8. The van der Waals surface area contributed by atoms with E-state index in [1.807, 2.05) is 9.44 Å². The van der Waals surface area contributed by atoms with Gasteiger partial charge in [0.1, 0.15) is 90.8 Å². The Bertz CT molecular complexity index is 3350. The van der Waals surface area contributed by atoms with Crippen molar-refractivity contribution in [2.24, 2.45) is 79.0 Å². The van der Waals surface area contributed by atoms with Gasteiger partial charge in [-0.15, -0.1) is 42.8 Å². The molecule has 1 aliphatic rings. The molecule has 0 saturated carbocycles. The zero-order chi connectivity index (χ0) is 70.4. The summed E-state index contributed by atoms with van der Waals surface area (Å²) in [5.74, 6) is 1.06. The fourth-order valence-electron chi connectivity index (χ4n) is 6.17. The Kier molecular flexibility index (Phi) is 37.5. The first kappa shape index (κ1) is 83.8. The molecule has 0 radical (unpaired) electrons. The summed E-state index contributed by atoms with van der Waals surface area (Å²) >= 11 is 8.10. The Labute approximate surface area is 555 Å². The first-order valence-corrected chi connectivity index (χ1v) is 36.4. The van der Waals surface area contributed by atoms with Crippen LogP contribution in [0.5, 0.6) is 0 Å². The van der Waals surface area contributed by atoms with Crippen molar-refractivity contribution < 1.29 is 102 Å². The minimum absolute atomic E-state index is 0.0409. The van der Waals surface area contributed by atoms with E-state index < -0.39 is 136 Å². The smallest absolute Gasteiger partial charge is 0.364 e. The molecule has 1 unspecified atom stereocenters. The zero-order valence-corrected chi connectivity index (χ0v) is 55.7. The minimum Gasteiger partial charge on any atom is -0.394 e. The number of aliphatic imine (C=N–C) groups is 4. The molecule has 528 valence electrons. The van der Waals surface area contributed by atoms with Crippen LogP contribution in [0.15, 0.2) is 49.3 Å². The second-order valence-electron chi connectivity index (χ2n) is 18.4. The van der Waals surface area contributed by atoms with Crippen LogP contribution in [-0.2, 0) is 52.7 Å². The van der Waals surface area contributed by atoms with Crippen molar-refractivity contribution in [3.63, 3.8) is 0 Å². The second-order valence-corrected chi connectivity index (χ2v) is 28.4. The van der Waals surface area contributed by atoms with Crippen LogP contribution in [0.25, 0.3) is 0 Å². The number of hydrogen-bond donors (Lipinski definition) is 25. The lowest BCUT2D eigenvalue weighted by Gasteiger charge is -2.32. The number of rotatable bonds is 38. The number of nitrogens with zero attached hydrogens (tertiary/aromatic N) is 10. The summed E-state index contributed by atoms with van der Waals surface area (Å²) in [6.07, 6.45) is -21.5. The van der Waals surface area contributed by atoms with Crippen molar-refractivity contribution in [2.45, 2.75) is 110 Å². The van der Waals surface area contributed by atoms with Crippen LogP contribution in [0.4, 0.5) is 15.4 Å². The number of amidine groups is 3. The zero-order valence-electron chi connectivity index (χ0n) is 48.3. The number of nitrogens with two attached hydrogens (primary N) is 8. The van der Waals surface area contributed by atoms with Crippen molar-refractivity contribution in [3.05, 3.63) is 33.2 Å². The van der Waals surface area contributed by atoms with Crippen molar-refractivity contribution >= 4 is 163 Å². The monoisotopic (exact) mass is 1500 g/mol. The van der Waals surface area contributed by atoms with Gasteiger partial charge in [-0.3, -0.25) is 9.52 Å². The molecule has 33 N–H and O–H groups in total. The number of aromatic nitrogens is 3. The van der Waals surface area contributed by atoms with E-state index in [0.717, 1.165) is 17.1 Å². The molecule has 42 nitrogen and oxygen atoms in total. The fraction of sp³-hybridized carbons (Fsp3) is 0.595. The lowest BCUT2D eigenvalue weighted by Crippen LogP contribution is -2.59. The van der Waals surface area contributed by atoms with Crippen LogP contribution in [0.1, 0.15) is 36.3 Å². The van der Waals surface area contributed by atoms with E-state index in [2.05, 4.69) is 52.8 Å². The highest BCUT2D eigenvalue weighted by Gasteiger charge is 2.39. The SMILES string of the molecule is NC(N)=Nc1nc(CSCCC(N)=NS(=O)(=O)N=C[C@H](O)[C@@H](O)[C@H](O)[C@H](O)CO)cs1.NC(N)=Nc1nc(CSCCC(N)=NS(=O)(=O)NCC(=O)[C@@H](O)[C@H](O)[C@H](O)CO)cs1.NC(N)=Nc1nc(CSCCC2=NC([C@H](O)[C@@H](O)[C@H](O)[C@H](O)CO)NS(=O)(=O)N2)cs1. The van der Waals surface area contributed by atoms with E-state index in [4.69, 9.17) is 61.2 Å². The topological polar surface area (TPSA) is 772 Å². The third-order valence-electron chi connectivity index (χ3n) is 10.7. The molecule has 3 aromatic rings. The number of thiazole rings is 3. The summed E-state index contributed by atoms with van der Waals surface area (Å²) in [5, 5.41) is 138. The van der Waals surface area contributed by atoms with Gasteiger partial charge < -0.3 is 117 Å². The maximum absolute atomic E-state index is 12.0. The molecular formula is C42H75N21O21S9. The molecule has 51 heteroatoms. The Morgan fingerprint density at radius 1 is 0.613 bits per heavy atom. The normalized spacial score (nSPS) is 18.0. The number of aliphatic hydroxyl groups excluding tert-OH is 14. The number of nitrogens with one attached hydrogen (secondary N) is 3. The quantitative estimate of drug-likeness (QED) is 0.0144. The molecule has 0 fully saturated rings. The maximum atomic E-state index is 12.0. The first-order chi connectivity index (χ1) is 43.4. The van der Waals surface area contributed by atoms with Gasteiger partial charge >= 0.3 is 30.6 Å². The Balaban J connectivity index is 0.000000475. The number of guanidine groups is 3. The molecule has 4 heterocycles. The largest absolute Gasteiger partial charge is 0.394 e. The number of Topliss-reactive ketones (excluding diaryl/α,β-unsaturated/α-hetero) is 1.